The summed E-state index contributed by atoms with van der Waals surface area (Å²) in [6.07, 6.45) is 0.886. The molecule has 0 saturated heterocycles. The third kappa shape index (κ3) is 3.53. The van der Waals surface area contributed by atoms with Gasteiger partial charge in [0.2, 0.25) is 5.95 Å². The van der Waals surface area contributed by atoms with E-state index >= 15 is 0 Å². The van der Waals surface area contributed by atoms with E-state index in [-0.39, 0.29) is 12.1 Å². The third-order valence-electron chi connectivity index (χ3n) is 3.38. The molecule has 3 rings (SSSR count). The molecule has 1 atom stereocenters. The van der Waals surface area contributed by atoms with Gasteiger partial charge in [-0.2, -0.15) is 5.10 Å². The Morgan fingerprint density at radius 2 is 2.17 bits per heavy atom. The van der Waals surface area contributed by atoms with Crippen LogP contribution in [0.5, 0.6) is 0 Å². The molecule has 3 N–H and O–H groups in total. The summed E-state index contributed by atoms with van der Waals surface area (Å²) >= 11 is 11.9. The van der Waals surface area contributed by atoms with Crippen LogP contribution in [0, 0.1) is 0 Å². The number of H-pyrrole nitrogens is 1. The van der Waals surface area contributed by atoms with Crippen LogP contribution in [0.3, 0.4) is 0 Å². The number of halogens is 2. The molecular weight excluding hydrogens is 353 g/mol. The fourth-order valence-corrected chi connectivity index (χ4v) is 2.63. The van der Waals surface area contributed by atoms with Gasteiger partial charge < -0.3 is 10.4 Å². The lowest BCUT2D eigenvalue weighted by atomic mass is 10.2. The molecule has 0 fully saturated rings. The van der Waals surface area contributed by atoms with Crippen molar-refractivity contribution in [2.75, 3.05) is 5.32 Å². The van der Waals surface area contributed by atoms with Crippen molar-refractivity contribution in [3.8, 4) is 0 Å². The number of aromatic nitrogens is 4. The van der Waals surface area contributed by atoms with Gasteiger partial charge in [-0.05, 0) is 24.6 Å². The van der Waals surface area contributed by atoms with Crippen LogP contribution in [0.15, 0.2) is 29.2 Å². The van der Waals surface area contributed by atoms with E-state index in [4.69, 9.17) is 23.2 Å². The maximum Gasteiger partial charge on any atom is 0.278 e. The molecule has 24 heavy (non-hydrogen) atoms. The predicted molar refractivity (Wildman–Crippen MR) is 93.6 cm³/mol. The van der Waals surface area contributed by atoms with Crippen molar-refractivity contribution in [3.63, 3.8) is 0 Å². The first kappa shape index (κ1) is 16.8. The van der Waals surface area contributed by atoms with Gasteiger partial charge in [0.25, 0.3) is 5.56 Å². The summed E-state index contributed by atoms with van der Waals surface area (Å²) in [7, 11) is 0. The molecule has 1 aromatic carbocycles. The zero-order valence-corrected chi connectivity index (χ0v) is 14.3. The lowest BCUT2D eigenvalue weighted by Crippen LogP contribution is -2.19. The van der Waals surface area contributed by atoms with Crippen LogP contribution in [0.2, 0.25) is 10.0 Å². The molecule has 126 valence electrons. The standard InChI is InChI=1S/C15H15Cl2N5O2/c1-8(23)7-22-13-12(6-19-22)20-15(21-14(13)24)18-5-9-2-3-10(16)11(17)4-9/h2-4,6,8,23H,5,7H2,1H3,(H2,18,20,21,24)/t8-/m1/s1. The van der Waals surface area contributed by atoms with Gasteiger partial charge in [-0.15, -0.1) is 0 Å². The fraction of sp³-hybridized carbons (Fsp3) is 0.267. The molecular formula is C15H15Cl2N5O2. The number of anilines is 1. The maximum absolute atomic E-state index is 12.3. The second-order valence-electron chi connectivity index (χ2n) is 5.43. The summed E-state index contributed by atoms with van der Waals surface area (Å²) in [4.78, 5) is 19.3. The minimum absolute atomic E-state index is 0.226. The Morgan fingerprint density at radius 3 is 2.88 bits per heavy atom. The van der Waals surface area contributed by atoms with Crippen LogP contribution in [0.1, 0.15) is 12.5 Å². The Balaban J connectivity index is 1.83. The largest absolute Gasteiger partial charge is 0.391 e. The van der Waals surface area contributed by atoms with Crippen LogP contribution >= 0.6 is 23.2 Å². The summed E-state index contributed by atoms with van der Waals surface area (Å²) in [5.74, 6) is 0.329. The third-order valence-corrected chi connectivity index (χ3v) is 4.12. The minimum Gasteiger partial charge on any atom is -0.391 e. The smallest absolute Gasteiger partial charge is 0.278 e. The summed E-state index contributed by atoms with van der Waals surface area (Å²) in [6.45, 7) is 2.28. The molecule has 0 spiro atoms. The normalized spacial score (nSPS) is 12.5. The number of rotatable bonds is 5. The van der Waals surface area contributed by atoms with E-state index < -0.39 is 6.10 Å². The molecule has 0 bridgehead atoms. The second-order valence-corrected chi connectivity index (χ2v) is 6.24. The number of hydrogen-bond donors (Lipinski definition) is 3. The number of aliphatic hydroxyl groups is 1. The van der Waals surface area contributed by atoms with E-state index in [0.29, 0.717) is 33.6 Å². The highest BCUT2D eigenvalue weighted by Gasteiger charge is 2.12. The van der Waals surface area contributed by atoms with Crippen LogP contribution in [0.4, 0.5) is 5.95 Å². The monoisotopic (exact) mass is 367 g/mol. The Hall–Kier alpha value is -2.09. The van der Waals surface area contributed by atoms with Crippen LogP contribution < -0.4 is 10.9 Å². The van der Waals surface area contributed by atoms with Crippen molar-refractivity contribution in [1.29, 1.82) is 0 Å². The minimum atomic E-state index is -0.611. The molecule has 9 heteroatoms. The molecule has 0 aliphatic heterocycles. The number of nitrogens with zero attached hydrogens (tertiary/aromatic N) is 3. The quantitative estimate of drug-likeness (QED) is 0.643. The molecule has 0 aliphatic rings. The van der Waals surface area contributed by atoms with Gasteiger partial charge in [-0.25, -0.2) is 4.98 Å². The van der Waals surface area contributed by atoms with Gasteiger partial charge in [0.05, 0.1) is 28.9 Å². The van der Waals surface area contributed by atoms with Gasteiger partial charge in [0.15, 0.2) is 5.52 Å². The molecule has 0 unspecified atom stereocenters. The Morgan fingerprint density at radius 1 is 1.38 bits per heavy atom. The molecule has 2 aromatic heterocycles. The van der Waals surface area contributed by atoms with Crippen molar-refractivity contribution in [2.45, 2.75) is 26.1 Å². The predicted octanol–water partition coefficient (Wildman–Crippen LogP) is 2.42. The highest BCUT2D eigenvalue weighted by atomic mass is 35.5. The van der Waals surface area contributed by atoms with Gasteiger partial charge >= 0.3 is 0 Å². The van der Waals surface area contributed by atoms with Crippen molar-refractivity contribution in [3.05, 3.63) is 50.4 Å². The SMILES string of the molecule is C[C@@H](O)Cn1ncc2nc(NCc3ccc(Cl)c(Cl)c3)[nH]c(=O)c21. The highest BCUT2D eigenvalue weighted by molar-refractivity contribution is 6.42. The number of nitrogens with one attached hydrogen (secondary N) is 2. The average molecular weight is 368 g/mol. The van der Waals surface area contributed by atoms with Crippen molar-refractivity contribution in [2.24, 2.45) is 0 Å². The van der Waals surface area contributed by atoms with Crippen LogP contribution in [0.25, 0.3) is 11.0 Å². The Labute approximate surface area is 147 Å². The number of hydrogen-bond acceptors (Lipinski definition) is 5. The van der Waals surface area contributed by atoms with E-state index in [1.807, 2.05) is 6.07 Å². The number of aromatic amines is 1. The number of benzene rings is 1. The molecule has 7 nitrogen and oxygen atoms in total. The summed E-state index contributed by atoms with van der Waals surface area (Å²) in [6, 6.07) is 5.28. The first-order chi connectivity index (χ1) is 11.4. The average Bonchev–Trinajstić information content (AvgIpc) is 2.91. The molecule has 0 aliphatic carbocycles. The van der Waals surface area contributed by atoms with E-state index in [2.05, 4.69) is 20.4 Å². The number of fused-ring (bicyclic) bond motifs is 1. The molecule has 0 saturated carbocycles. The zero-order chi connectivity index (χ0) is 17.3. The van der Waals surface area contributed by atoms with E-state index in [1.165, 1.54) is 10.9 Å². The zero-order valence-electron chi connectivity index (χ0n) is 12.8. The van der Waals surface area contributed by atoms with Crippen LogP contribution in [-0.2, 0) is 13.1 Å². The molecule has 0 radical (unpaired) electrons. The Kier molecular flexibility index (Phi) is 4.75. The van der Waals surface area contributed by atoms with Crippen LogP contribution in [-0.4, -0.2) is 31.0 Å². The van der Waals surface area contributed by atoms with E-state index in [0.717, 1.165) is 5.56 Å². The van der Waals surface area contributed by atoms with Crippen molar-refractivity contribution in [1.82, 2.24) is 19.7 Å². The maximum atomic E-state index is 12.3. The molecule has 2 heterocycles. The topological polar surface area (TPSA) is 95.8 Å². The van der Waals surface area contributed by atoms with Gasteiger partial charge in [0, 0.05) is 6.54 Å². The van der Waals surface area contributed by atoms with Crippen molar-refractivity contribution < 1.29 is 5.11 Å². The summed E-state index contributed by atoms with van der Waals surface area (Å²) < 4.78 is 1.44. The van der Waals surface area contributed by atoms with E-state index in [1.54, 1.807) is 19.1 Å². The van der Waals surface area contributed by atoms with Crippen molar-refractivity contribution >= 4 is 40.2 Å². The van der Waals surface area contributed by atoms with Gasteiger partial charge in [-0.1, -0.05) is 29.3 Å². The van der Waals surface area contributed by atoms with Gasteiger partial charge in [0.1, 0.15) is 5.52 Å². The van der Waals surface area contributed by atoms with E-state index in [9.17, 15) is 9.90 Å². The number of aliphatic hydroxyl groups excluding tert-OH is 1. The Bertz CT molecular complexity index is 935. The first-order valence-corrected chi connectivity index (χ1v) is 8.01. The lowest BCUT2D eigenvalue weighted by Gasteiger charge is -2.08. The summed E-state index contributed by atoms with van der Waals surface area (Å²) in [5, 5.41) is 17.5. The highest BCUT2D eigenvalue weighted by Crippen LogP contribution is 2.22. The fourth-order valence-electron chi connectivity index (χ4n) is 2.31. The van der Waals surface area contributed by atoms with Gasteiger partial charge in [-0.3, -0.25) is 14.5 Å². The first-order valence-electron chi connectivity index (χ1n) is 7.25. The lowest BCUT2D eigenvalue weighted by molar-refractivity contribution is 0.170. The molecule has 0 amide bonds. The summed E-state index contributed by atoms with van der Waals surface area (Å²) in [5.41, 5.74) is 1.36. The molecule has 3 aromatic rings. The second kappa shape index (κ2) is 6.80.